The van der Waals surface area contributed by atoms with Crippen molar-refractivity contribution >= 4 is 21.6 Å². The number of benzene rings is 2. The van der Waals surface area contributed by atoms with E-state index in [0.717, 1.165) is 36.1 Å². The number of sulfone groups is 1. The van der Waals surface area contributed by atoms with Gasteiger partial charge in [0.05, 0.1) is 10.1 Å². The van der Waals surface area contributed by atoms with E-state index in [2.05, 4.69) is 31.2 Å². The van der Waals surface area contributed by atoms with Crippen molar-refractivity contribution < 1.29 is 8.42 Å². The van der Waals surface area contributed by atoms with Gasteiger partial charge in [-0.15, -0.1) is 11.8 Å². The Morgan fingerprint density at radius 2 is 1.38 bits per heavy atom. The molecule has 0 aromatic heterocycles. The molecule has 2 aromatic carbocycles. The molecule has 3 rings (SSSR count). The van der Waals surface area contributed by atoms with Gasteiger partial charge in [0.25, 0.3) is 0 Å². The van der Waals surface area contributed by atoms with Gasteiger partial charge in [0.15, 0.2) is 9.84 Å². The van der Waals surface area contributed by atoms with Gasteiger partial charge in [-0.25, -0.2) is 8.42 Å². The smallest absolute Gasteiger partial charge is 0.182 e. The topological polar surface area (TPSA) is 34.1 Å². The minimum atomic E-state index is -3.28. The summed E-state index contributed by atoms with van der Waals surface area (Å²) in [6, 6.07) is 15.7. The van der Waals surface area contributed by atoms with Crippen LogP contribution >= 0.6 is 11.8 Å². The van der Waals surface area contributed by atoms with Gasteiger partial charge in [0.2, 0.25) is 0 Å². The molecule has 1 aliphatic rings. The molecule has 2 nitrogen and oxygen atoms in total. The summed E-state index contributed by atoms with van der Waals surface area (Å²) in [7, 11) is -3.28. The molecule has 24 heavy (non-hydrogen) atoms. The largest absolute Gasteiger partial charge is 0.223 e. The quantitative estimate of drug-likeness (QED) is 0.753. The summed E-state index contributed by atoms with van der Waals surface area (Å²) in [5.74, 6) is 0. The van der Waals surface area contributed by atoms with E-state index >= 15 is 0 Å². The van der Waals surface area contributed by atoms with E-state index in [0.29, 0.717) is 4.90 Å². The van der Waals surface area contributed by atoms with Gasteiger partial charge >= 0.3 is 0 Å². The number of aryl methyl sites for hydroxylation is 2. The Bertz CT molecular complexity index is 777. The molecule has 0 N–H and O–H groups in total. The van der Waals surface area contributed by atoms with Crippen LogP contribution in [0.3, 0.4) is 0 Å². The van der Waals surface area contributed by atoms with E-state index in [4.69, 9.17) is 0 Å². The molecule has 0 unspecified atom stereocenters. The van der Waals surface area contributed by atoms with Gasteiger partial charge in [-0.1, -0.05) is 48.2 Å². The number of thioether (sulfide) groups is 1. The lowest BCUT2D eigenvalue weighted by Gasteiger charge is -2.31. The molecule has 2 aromatic rings. The van der Waals surface area contributed by atoms with E-state index < -0.39 is 9.84 Å². The van der Waals surface area contributed by atoms with Crippen molar-refractivity contribution in [3.05, 3.63) is 59.7 Å². The third-order valence-electron chi connectivity index (χ3n) is 4.70. The standard InChI is InChI=1S/C20H24O2S2/c1-15-7-11-17(12-8-15)23-19-5-3-4-6-20(19)24(21,22)18-13-9-16(2)10-14-18/h7-14,19-20H,3-6H2,1-2H3/t19-,20+/m0/s1. The van der Waals surface area contributed by atoms with Crippen molar-refractivity contribution in [2.75, 3.05) is 0 Å². The van der Waals surface area contributed by atoms with Gasteiger partial charge in [-0.05, 0) is 51.0 Å². The van der Waals surface area contributed by atoms with Gasteiger partial charge < -0.3 is 0 Å². The average Bonchev–Trinajstić information content (AvgIpc) is 2.58. The number of rotatable bonds is 4. The van der Waals surface area contributed by atoms with Crippen LogP contribution in [0.5, 0.6) is 0 Å². The minimum Gasteiger partial charge on any atom is -0.223 e. The van der Waals surface area contributed by atoms with Crippen LogP contribution in [0.1, 0.15) is 36.8 Å². The van der Waals surface area contributed by atoms with Crippen LogP contribution in [-0.4, -0.2) is 18.9 Å². The lowest BCUT2D eigenvalue weighted by molar-refractivity contribution is 0.493. The summed E-state index contributed by atoms with van der Waals surface area (Å²) >= 11 is 1.73. The predicted octanol–water partition coefficient (Wildman–Crippen LogP) is 5.18. The highest BCUT2D eigenvalue weighted by atomic mass is 32.2. The third-order valence-corrected chi connectivity index (χ3v) is 8.57. The Labute approximate surface area is 149 Å². The van der Waals surface area contributed by atoms with Crippen LogP contribution in [0.4, 0.5) is 0 Å². The molecule has 0 aliphatic heterocycles. The van der Waals surface area contributed by atoms with Crippen LogP contribution in [0, 0.1) is 13.8 Å². The number of hydrogen-bond donors (Lipinski definition) is 0. The summed E-state index contributed by atoms with van der Waals surface area (Å²) < 4.78 is 26.3. The summed E-state index contributed by atoms with van der Waals surface area (Å²) in [4.78, 5) is 1.63. The molecular formula is C20H24O2S2. The Hall–Kier alpha value is -1.26. The first-order valence-electron chi connectivity index (χ1n) is 8.51. The lowest BCUT2D eigenvalue weighted by atomic mass is 10.00. The minimum absolute atomic E-state index is 0.132. The Balaban J connectivity index is 1.85. The molecule has 0 amide bonds. The molecule has 1 fully saturated rings. The van der Waals surface area contributed by atoms with Gasteiger partial charge in [-0.3, -0.25) is 0 Å². The van der Waals surface area contributed by atoms with Gasteiger partial charge in [-0.2, -0.15) is 0 Å². The highest BCUT2D eigenvalue weighted by molar-refractivity contribution is 8.01. The Morgan fingerprint density at radius 1 is 0.833 bits per heavy atom. The van der Waals surface area contributed by atoms with Crippen LogP contribution < -0.4 is 0 Å². The first kappa shape index (κ1) is 17.6. The Kier molecular flexibility index (Phi) is 5.36. The second-order valence-electron chi connectivity index (χ2n) is 6.65. The lowest BCUT2D eigenvalue weighted by Crippen LogP contribution is -2.35. The first-order valence-corrected chi connectivity index (χ1v) is 10.9. The number of hydrogen-bond acceptors (Lipinski definition) is 3. The predicted molar refractivity (Wildman–Crippen MR) is 101 cm³/mol. The third kappa shape index (κ3) is 3.86. The maximum absolute atomic E-state index is 13.1. The fourth-order valence-electron chi connectivity index (χ4n) is 3.25. The van der Waals surface area contributed by atoms with Gasteiger partial charge in [0, 0.05) is 10.1 Å². The second kappa shape index (κ2) is 7.32. The molecular weight excluding hydrogens is 336 g/mol. The first-order chi connectivity index (χ1) is 11.5. The van der Waals surface area contributed by atoms with E-state index in [9.17, 15) is 8.42 Å². The molecule has 1 saturated carbocycles. The zero-order valence-corrected chi connectivity index (χ0v) is 15.9. The molecule has 1 aliphatic carbocycles. The van der Waals surface area contributed by atoms with E-state index in [1.54, 1.807) is 23.9 Å². The molecule has 128 valence electrons. The van der Waals surface area contributed by atoms with Crippen molar-refractivity contribution in [3.8, 4) is 0 Å². The highest BCUT2D eigenvalue weighted by Crippen LogP contribution is 2.39. The normalized spacial score (nSPS) is 21.6. The van der Waals surface area contributed by atoms with Crippen molar-refractivity contribution in [2.24, 2.45) is 0 Å². The Morgan fingerprint density at radius 3 is 2.00 bits per heavy atom. The van der Waals surface area contributed by atoms with E-state index in [1.165, 1.54) is 5.56 Å². The van der Waals surface area contributed by atoms with Gasteiger partial charge in [0.1, 0.15) is 0 Å². The fourth-order valence-corrected chi connectivity index (χ4v) is 6.95. The molecule has 0 bridgehead atoms. The summed E-state index contributed by atoms with van der Waals surface area (Å²) in [5.41, 5.74) is 2.31. The molecule has 0 radical (unpaired) electrons. The molecule has 0 heterocycles. The molecule has 4 heteroatoms. The van der Waals surface area contributed by atoms with Crippen LogP contribution in [0.2, 0.25) is 0 Å². The van der Waals surface area contributed by atoms with Crippen molar-refractivity contribution in [1.29, 1.82) is 0 Å². The SMILES string of the molecule is Cc1ccc(S[C@H]2CCCC[C@H]2S(=O)(=O)c2ccc(C)cc2)cc1. The van der Waals surface area contributed by atoms with Crippen molar-refractivity contribution in [2.45, 2.75) is 59.8 Å². The summed E-state index contributed by atoms with van der Waals surface area (Å²) in [6.07, 6.45) is 3.85. The molecule has 0 saturated heterocycles. The molecule has 2 atom stereocenters. The van der Waals surface area contributed by atoms with Crippen molar-refractivity contribution in [3.63, 3.8) is 0 Å². The van der Waals surface area contributed by atoms with Crippen molar-refractivity contribution in [1.82, 2.24) is 0 Å². The zero-order chi connectivity index (χ0) is 17.2. The monoisotopic (exact) mass is 360 g/mol. The fraction of sp³-hybridized carbons (Fsp3) is 0.400. The van der Waals surface area contributed by atoms with E-state index in [-0.39, 0.29) is 10.5 Å². The maximum atomic E-state index is 13.1. The summed E-state index contributed by atoms with van der Waals surface area (Å²) in [5, 5.41) is -0.159. The maximum Gasteiger partial charge on any atom is 0.182 e. The van der Waals surface area contributed by atoms with Crippen LogP contribution in [0.15, 0.2) is 58.3 Å². The van der Waals surface area contributed by atoms with E-state index in [1.807, 2.05) is 19.1 Å². The van der Waals surface area contributed by atoms with Crippen LogP contribution in [-0.2, 0) is 9.84 Å². The zero-order valence-electron chi connectivity index (χ0n) is 14.2. The second-order valence-corrected chi connectivity index (χ2v) is 10.1. The average molecular weight is 361 g/mol. The molecule has 0 spiro atoms. The highest BCUT2D eigenvalue weighted by Gasteiger charge is 2.37. The van der Waals surface area contributed by atoms with Crippen LogP contribution in [0.25, 0.3) is 0 Å². The summed E-state index contributed by atoms with van der Waals surface area (Å²) in [6.45, 7) is 4.05.